The number of aromatic amines is 1. The highest BCUT2D eigenvalue weighted by Gasteiger charge is 2.39. The summed E-state index contributed by atoms with van der Waals surface area (Å²) in [5.41, 5.74) is 0.0381. The molecule has 2 unspecified atom stereocenters. The lowest BCUT2D eigenvalue weighted by atomic mass is 10.1. The minimum Gasteiger partial charge on any atom is -0.376 e. The van der Waals surface area contributed by atoms with Crippen molar-refractivity contribution in [1.29, 1.82) is 0 Å². The van der Waals surface area contributed by atoms with Crippen LogP contribution in [0.25, 0.3) is 0 Å². The van der Waals surface area contributed by atoms with Crippen LogP contribution in [0.15, 0.2) is 41.3 Å². The molecule has 0 radical (unpaired) electrons. The molecule has 1 aromatic heterocycles. The normalized spacial score (nSPS) is 17.8. The Bertz CT molecular complexity index is 943. The second kappa shape index (κ2) is 8.35. The Hall–Kier alpha value is -3.00. The molecule has 1 saturated carbocycles. The summed E-state index contributed by atoms with van der Waals surface area (Å²) in [6.45, 7) is 2.59. The van der Waals surface area contributed by atoms with Crippen LogP contribution in [-0.4, -0.2) is 47.5 Å². The highest BCUT2D eigenvalue weighted by atomic mass is 19.1. The van der Waals surface area contributed by atoms with Crippen molar-refractivity contribution in [1.82, 2.24) is 15.2 Å². The van der Waals surface area contributed by atoms with Gasteiger partial charge in [0.25, 0.3) is 17.4 Å². The van der Waals surface area contributed by atoms with E-state index in [4.69, 9.17) is 4.74 Å². The molecule has 1 aromatic carbocycles. The first-order valence-corrected chi connectivity index (χ1v) is 9.04. The van der Waals surface area contributed by atoms with Gasteiger partial charge in [-0.15, -0.1) is 0 Å². The molecular weight excluding hydrogens is 365 g/mol. The SMILES string of the molecule is CCOC1CC1NC(=O)c1c[nH]c(=O)c(C(=O)N(C)Cc2cccc(F)c2)c1. The van der Waals surface area contributed by atoms with E-state index < -0.39 is 17.3 Å². The molecule has 7 nitrogen and oxygen atoms in total. The number of amides is 2. The van der Waals surface area contributed by atoms with Gasteiger partial charge >= 0.3 is 0 Å². The van der Waals surface area contributed by atoms with E-state index in [1.165, 1.54) is 36.3 Å². The molecule has 1 fully saturated rings. The van der Waals surface area contributed by atoms with Crippen molar-refractivity contribution < 1.29 is 18.7 Å². The number of pyridine rings is 1. The van der Waals surface area contributed by atoms with E-state index >= 15 is 0 Å². The number of carbonyl (C=O) groups is 2. The van der Waals surface area contributed by atoms with Gasteiger partial charge in [0.05, 0.1) is 17.7 Å². The van der Waals surface area contributed by atoms with E-state index in [2.05, 4.69) is 10.3 Å². The highest BCUT2D eigenvalue weighted by Crippen LogP contribution is 2.25. The molecule has 0 spiro atoms. The van der Waals surface area contributed by atoms with Crippen LogP contribution in [0.4, 0.5) is 4.39 Å². The fraction of sp³-hybridized carbons (Fsp3) is 0.350. The summed E-state index contributed by atoms with van der Waals surface area (Å²) in [5.74, 6) is -1.34. The van der Waals surface area contributed by atoms with E-state index in [1.54, 1.807) is 12.1 Å². The van der Waals surface area contributed by atoms with Crippen molar-refractivity contribution in [2.24, 2.45) is 0 Å². The van der Waals surface area contributed by atoms with Crippen molar-refractivity contribution in [2.75, 3.05) is 13.7 Å². The van der Waals surface area contributed by atoms with Gasteiger partial charge < -0.3 is 19.9 Å². The molecule has 2 atom stereocenters. The van der Waals surface area contributed by atoms with Gasteiger partial charge in [-0.05, 0) is 37.1 Å². The third kappa shape index (κ3) is 4.64. The first kappa shape index (κ1) is 19.8. The predicted molar refractivity (Wildman–Crippen MR) is 101 cm³/mol. The number of H-pyrrole nitrogens is 1. The summed E-state index contributed by atoms with van der Waals surface area (Å²) in [6.07, 6.45) is 2.03. The number of hydrogen-bond acceptors (Lipinski definition) is 4. The van der Waals surface area contributed by atoms with Crippen LogP contribution in [0.5, 0.6) is 0 Å². The van der Waals surface area contributed by atoms with Gasteiger partial charge in [0.2, 0.25) is 0 Å². The predicted octanol–water partition coefficient (Wildman–Crippen LogP) is 1.69. The third-order valence-electron chi connectivity index (χ3n) is 4.48. The average Bonchev–Trinajstić information content (AvgIpc) is 3.39. The molecule has 1 aliphatic rings. The lowest BCUT2D eigenvalue weighted by Gasteiger charge is -2.17. The second-order valence-corrected chi connectivity index (χ2v) is 6.73. The van der Waals surface area contributed by atoms with Crippen molar-refractivity contribution in [3.05, 3.63) is 69.4 Å². The summed E-state index contributed by atoms with van der Waals surface area (Å²) in [5, 5.41) is 2.81. The van der Waals surface area contributed by atoms with E-state index in [-0.39, 0.29) is 35.7 Å². The molecule has 1 heterocycles. The van der Waals surface area contributed by atoms with E-state index in [1.807, 2.05) is 6.92 Å². The Morgan fingerprint density at radius 2 is 2.14 bits per heavy atom. The molecule has 3 rings (SSSR count). The Morgan fingerprint density at radius 3 is 2.86 bits per heavy atom. The molecular formula is C20H22FN3O4. The van der Waals surface area contributed by atoms with Crippen molar-refractivity contribution in [3.8, 4) is 0 Å². The molecule has 2 amide bonds. The van der Waals surface area contributed by atoms with Crippen molar-refractivity contribution in [3.63, 3.8) is 0 Å². The number of nitrogens with one attached hydrogen (secondary N) is 2. The third-order valence-corrected chi connectivity index (χ3v) is 4.48. The van der Waals surface area contributed by atoms with Crippen molar-refractivity contribution >= 4 is 11.8 Å². The quantitative estimate of drug-likeness (QED) is 0.756. The van der Waals surface area contributed by atoms with E-state index in [9.17, 15) is 18.8 Å². The van der Waals surface area contributed by atoms with Crippen molar-refractivity contribution in [2.45, 2.75) is 32.0 Å². The smallest absolute Gasteiger partial charge is 0.260 e. The van der Waals surface area contributed by atoms with Crippen LogP contribution in [0.2, 0.25) is 0 Å². The number of aromatic nitrogens is 1. The van der Waals surface area contributed by atoms with Crippen LogP contribution in [-0.2, 0) is 11.3 Å². The van der Waals surface area contributed by atoms with Gasteiger partial charge in [-0.25, -0.2) is 4.39 Å². The topological polar surface area (TPSA) is 91.5 Å². The van der Waals surface area contributed by atoms with Crippen LogP contribution < -0.4 is 10.9 Å². The fourth-order valence-corrected chi connectivity index (χ4v) is 2.93. The summed E-state index contributed by atoms with van der Waals surface area (Å²) >= 11 is 0. The second-order valence-electron chi connectivity index (χ2n) is 6.73. The summed E-state index contributed by atoms with van der Waals surface area (Å²) in [4.78, 5) is 40.9. The molecule has 148 valence electrons. The Balaban J connectivity index is 1.70. The minimum atomic E-state index is -0.591. The molecule has 8 heteroatoms. The lowest BCUT2D eigenvalue weighted by molar-refractivity contribution is 0.0783. The number of halogens is 1. The standard InChI is InChI=1S/C20H22FN3O4/c1-3-28-17-9-16(17)23-18(25)13-8-15(19(26)22-10-13)20(27)24(2)11-12-5-4-6-14(21)7-12/h4-8,10,16-17H,3,9,11H2,1-2H3,(H,22,26)(H,23,25). The number of benzene rings is 1. The van der Waals surface area contributed by atoms with E-state index in [0.717, 1.165) is 6.42 Å². The molecule has 2 N–H and O–H groups in total. The first-order valence-electron chi connectivity index (χ1n) is 9.04. The fourth-order valence-electron chi connectivity index (χ4n) is 2.93. The maximum atomic E-state index is 13.3. The first-order chi connectivity index (χ1) is 13.4. The monoisotopic (exact) mass is 387 g/mol. The number of ether oxygens (including phenoxy) is 1. The van der Waals surface area contributed by atoms with Gasteiger partial charge in [-0.1, -0.05) is 12.1 Å². The zero-order valence-electron chi connectivity index (χ0n) is 15.7. The Morgan fingerprint density at radius 1 is 1.36 bits per heavy atom. The summed E-state index contributed by atoms with van der Waals surface area (Å²) < 4.78 is 18.7. The zero-order chi connectivity index (χ0) is 20.3. The number of hydrogen-bond donors (Lipinski definition) is 2. The Labute approximate surface area is 161 Å². The Kier molecular flexibility index (Phi) is 5.89. The molecule has 2 aromatic rings. The molecule has 28 heavy (non-hydrogen) atoms. The molecule has 0 bridgehead atoms. The molecule has 1 aliphatic carbocycles. The largest absolute Gasteiger partial charge is 0.376 e. The van der Waals surface area contributed by atoms with Crippen LogP contribution in [0, 0.1) is 5.82 Å². The van der Waals surface area contributed by atoms with Gasteiger partial charge in [0.1, 0.15) is 11.4 Å². The maximum Gasteiger partial charge on any atom is 0.260 e. The van der Waals surface area contributed by atoms with Gasteiger partial charge in [-0.3, -0.25) is 14.4 Å². The molecule has 0 aliphatic heterocycles. The van der Waals surface area contributed by atoms with Crippen LogP contribution >= 0.6 is 0 Å². The molecule has 0 saturated heterocycles. The van der Waals surface area contributed by atoms with E-state index in [0.29, 0.717) is 12.2 Å². The van der Waals surface area contributed by atoms with Gasteiger partial charge in [0, 0.05) is 26.4 Å². The minimum absolute atomic E-state index is 0.00946. The average molecular weight is 387 g/mol. The van der Waals surface area contributed by atoms with Crippen LogP contribution in [0.1, 0.15) is 39.6 Å². The number of nitrogens with zero attached hydrogens (tertiary/aromatic N) is 1. The van der Waals surface area contributed by atoms with Gasteiger partial charge in [-0.2, -0.15) is 0 Å². The highest BCUT2D eigenvalue weighted by molar-refractivity contribution is 5.99. The summed E-state index contributed by atoms with van der Waals surface area (Å²) in [6, 6.07) is 7.08. The van der Waals surface area contributed by atoms with Crippen LogP contribution in [0.3, 0.4) is 0 Å². The lowest BCUT2D eigenvalue weighted by Crippen LogP contribution is -2.33. The number of rotatable bonds is 7. The van der Waals surface area contributed by atoms with Gasteiger partial charge in [0.15, 0.2) is 0 Å². The summed E-state index contributed by atoms with van der Waals surface area (Å²) in [7, 11) is 1.51. The maximum absolute atomic E-state index is 13.3. The number of carbonyl (C=O) groups excluding carboxylic acids is 2. The zero-order valence-corrected chi connectivity index (χ0v) is 15.7.